The molecule has 0 saturated carbocycles. The van der Waals surface area contributed by atoms with Gasteiger partial charge in [-0.2, -0.15) is 4.31 Å². The summed E-state index contributed by atoms with van der Waals surface area (Å²) in [5.74, 6) is -0.805. The fourth-order valence-electron chi connectivity index (χ4n) is 3.30. The zero-order valence-corrected chi connectivity index (χ0v) is 17.1. The van der Waals surface area contributed by atoms with Gasteiger partial charge in [-0.05, 0) is 44.0 Å². The molecule has 29 heavy (non-hydrogen) atoms. The highest BCUT2D eigenvalue weighted by Crippen LogP contribution is 2.25. The second-order valence-corrected chi connectivity index (χ2v) is 8.91. The van der Waals surface area contributed by atoms with Crippen molar-refractivity contribution in [1.82, 2.24) is 14.9 Å². The highest BCUT2D eigenvalue weighted by Gasteiger charge is 2.35. The fourth-order valence-corrected chi connectivity index (χ4v) is 4.99. The molecular formula is C20H25N3O5S. The van der Waals surface area contributed by atoms with Crippen molar-refractivity contribution in [3.05, 3.63) is 54.0 Å². The topological polar surface area (TPSA) is 109 Å². The molecule has 0 bridgehead atoms. The molecular weight excluding hydrogens is 394 g/mol. The highest BCUT2D eigenvalue weighted by molar-refractivity contribution is 7.89. The molecule has 2 N–H and O–H groups in total. The van der Waals surface area contributed by atoms with Crippen molar-refractivity contribution in [2.45, 2.75) is 37.1 Å². The van der Waals surface area contributed by atoms with E-state index in [-0.39, 0.29) is 24.0 Å². The molecule has 2 heterocycles. The van der Waals surface area contributed by atoms with E-state index < -0.39 is 21.8 Å². The predicted octanol–water partition coefficient (Wildman–Crippen LogP) is 1.22. The smallest absolute Gasteiger partial charge is 0.309 e. The summed E-state index contributed by atoms with van der Waals surface area (Å²) in [6.45, 7) is 2.66. The normalized spacial score (nSPS) is 17.2. The summed E-state index contributed by atoms with van der Waals surface area (Å²) in [5, 5.41) is 5.08. The average molecular weight is 420 g/mol. The van der Waals surface area contributed by atoms with Crippen LogP contribution in [0.25, 0.3) is 0 Å². The number of hydrogen-bond donors (Lipinski definition) is 2. The monoisotopic (exact) mass is 419 g/mol. The number of amides is 2. The third-order valence-corrected chi connectivity index (χ3v) is 6.86. The number of benzene rings is 1. The van der Waals surface area contributed by atoms with Crippen LogP contribution in [0, 0.1) is 6.92 Å². The summed E-state index contributed by atoms with van der Waals surface area (Å²) >= 11 is 0. The molecule has 0 radical (unpaired) electrons. The number of sulfonamides is 1. The van der Waals surface area contributed by atoms with Crippen molar-refractivity contribution in [3.8, 4) is 0 Å². The Balaban J connectivity index is 1.51. The van der Waals surface area contributed by atoms with Crippen molar-refractivity contribution in [2.75, 3.05) is 19.6 Å². The molecule has 1 saturated heterocycles. The first-order valence-corrected chi connectivity index (χ1v) is 11.0. The molecule has 9 heteroatoms. The minimum absolute atomic E-state index is 0.0928. The summed E-state index contributed by atoms with van der Waals surface area (Å²) in [4.78, 5) is 24.2. The van der Waals surface area contributed by atoms with E-state index in [0.717, 1.165) is 5.56 Å². The fraction of sp³-hybridized carbons (Fsp3) is 0.400. The van der Waals surface area contributed by atoms with Gasteiger partial charge in [-0.15, -0.1) is 0 Å². The lowest BCUT2D eigenvalue weighted by molar-refractivity contribution is -0.139. The van der Waals surface area contributed by atoms with E-state index in [4.69, 9.17) is 4.42 Å². The van der Waals surface area contributed by atoms with Gasteiger partial charge in [-0.1, -0.05) is 17.7 Å². The van der Waals surface area contributed by atoms with Crippen LogP contribution in [0.4, 0.5) is 0 Å². The molecule has 1 aliphatic rings. The molecule has 2 amide bonds. The summed E-state index contributed by atoms with van der Waals surface area (Å²) in [5.41, 5.74) is 0.979. The Hall–Kier alpha value is -2.65. The number of furan rings is 1. The van der Waals surface area contributed by atoms with Crippen molar-refractivity contribution in [2.24, 2.45) is 0 Å². The van der Waals surface area contributed by atoms with Crippen molar-refractivity contribution >= 4 is 21.8 Å². The van der Waals surface area contributed by atoms with E-state index in [1.165, 1.54) is 4.31 Å². The van der Waals surface area contributed by atoms with Crippen LogP contribution in [0.5, 0.6) is 0 Å². The lowest BCUT2D eigenvalue weighted by atomic mass is 10.2. The first-order chi connectivity index (χ1) is 13.9. The lowest BCUT2D eigenvalue weighted by Crippen LogP contribution is -2.47. The van der Waals surface area contributed by atoms with E-state index in [0.29, 0.717) is 31.6 Å². The molecule has 8 nitrogen and oxygen atoms in total. The van der Waals surface area contributed by atoms with E-state index >= 15 is 0 Å². The zero-order chi connectivity index (χ0) is 20.9. The molecule has 0 aliphatic carbocycles. The number of rotatable bonds is 7. The van der Waals surface area contributed by atoms with Gasteiger partial charge in [0, 0.05) is 32.1 Å². The van der Waals surface area contributed by atoms with Crippen molar-refractivity contribution < 1.29 is 22.4 Å². The second-order valence-electron chi connectivity index (χ2n) is 7.02. The van der Waals surface area contributed by atoms with Crippen LogP contribution in [0.2, 0.25) is 0 Å². The zero-order valence-electron chi connectivity index (χ0n) is 16.3. The third kappa shape index (κ3) is 5.24. The molecule has 0 spiro atoms. The van der Waals surface area contributed by atoms with Gasteiger partial charge in [0.15, 0.2) is 0 Å². The van der Waals surface area contributed by atoms with E-state index in [1.807, 2.05) is 6.92 Å². The van der Waals surface area contributed by atoms with Crippen LogP contribution in [-0.4, -0.2) is 50.2 Å². The molecule has 0 unspecified atom stereocenters. The molecule has 1 aromatic carbocycles. The Bertz CT molecular complexity index is 939. The predicted molar refractivity (Wildman–Crippen MR) is 107 cm³/mol. The molecule has 1 aliphatic heterocycles. The van der Waals surface area contributed by atoms with E-state index in [9.17, 15) is 18.0 Å². The van der Waals surface area contributed by atoms with E-state index in [1.54, 1.807) is 42.7 Å². The van der Waals surface area contributed by atoms with Gasteiger partial charge in [-0.3, -0.25) is 9.59 Å². The Kier molecular flexibility index (Phi) is 6.71. The second kappa shape index (κ2) is 9.23. The Morgan fingerprint density at radius 1 is 1.14 bits per heavy atom. The van der Waals surface area contributed by atoms with Gasteiger partial charge in [-0.25, -0.2) is 8.42 Å². The first kappa shape index (κ1) is 21.1. The van der Waals surface area contributed by atoms with Gasteiger partial charge in [0.2, 0.25) is 10.0 Å². The maximum absolute atomic E-state index is 12.9. The largest absolute Gasteiger partial charge is 0.469 e. The lowest BCUT2D eigenvalue weighted by Gasteiger charge is -2.24. The third-order valence-electron chi connectivity index (χ3n) is 4.89. The summed E-state index contributed by atoms with van der Waals surface area (Å²) in [7, 11) is -3.64. The van der Waals surface area contributed by atoms with Gasteiger partial charge in [0.1, 0.15) is 5.76 Å². The summed E-state index contributed by atoms with van der Waals surface area (Å²) < 4.78 is 32.4. The maximum atomic E-state index is 12.9. The quantitative estimate of drug-likeness (QED) is 0.656. The van der Waals surface area contributed by atoms with Gasteiger partial charge in [0.25, 0.3) is 0 Å². The molecule has 1 fully saturated rings. The van der Waals surface area contributed by atoms with Crippen LogP contribution in [0.1, 0.15) is 24.2 Å². The minimum Gasteiger partial charge on any atom is -0.469 e. The van der Waals surface area contributed by atoms with Crippen LogP contribution >= 0.6 is 0 Å². The Morgan fingerprint density at radius 3 is 2.55 bits per heavy atom. The molecule has 1 atom stereocenters. The van der Waals surface area contributed by atoms with Crippen LogP contribution in [0.15, 0.2) is 52.0 Å². The average Bonchev–Trinajstić information content (AvgIpc) is 3.38. The van der Waals surface area contributed by atoms with Gasteiger partial charge < -0.3 is 15.1 Å². The maximum Gasteiger partial charge on any atom is 0.309 e. The molecule has 156 valence electrons. The molecule has 2 aromatic rings. The Morgan fingerprint density at radius 2 is 1.86 bits per heavy atom. The first-order valence-electron chi connectivity index (χ1n) is 9.55. The summed E-state index contributed by atoms with van der Waals surface area (Å²) in [6.07, 6.45) is 3.37. The number of nitrogens with one attached hydrogen (secondary N) is 2. The molecule has 1 aromatic heterocycles. The standard InChI is InChI=1S/C20H25N3O5S/c1-15-6-8-18(9-7-15)29(26,27)23-12-2-4-16(23)14-22-20(25)19(24)21-11-10-17-5-3-13-28-17/h3,5-9,13,16H,2,4,10-12,14H2,1H3,(H,21,24)(H,22,25)/t16-/m0/s1. The number of hydrogen-bond acceptors (Lipinski definition) is 5. The van der Waals surface area contributed by atoms with Crippen LogP contribution < -0.4 is 10.6 Å². The van der Waals surface area contributed by atoms with Gasteiger partial charge >= 0.3 is 11.8 Å². The number of carbonyl (C=O) groups excluding carboxylic acids is 2. The highest BCUT2D eigenvalue weighted by atomic mass is 32.2. The van der Waals surface area contributed by atoms with Gasteiger partial charge in [0.05, 0.1) is 11.2 Å². The van der Waals surface area contributed by atoms with Crippen molar-refractivity contribution in [1.29, 1.82) is 0 Å². The number of aryl methyl sites for hydroxylation is 1. The molecule has 3 rings (SSSR count). The van der Waals surface area contributed by atoms with E-state index in [2.05, 4.69) is 10.6 Å². The number of carbonyl (C=O) groups is 2. The number of nitrogens with zero attached hydrogens (tertiary/aromatic N) is 1. The SMILES string of the molecule is Cc1ccc(S(=O)(=O)N2CCC[C@H]2CNC(=O)C(=O)NCCc2ccco2)cc1. The Labute approximate surface area is 170 Å². The van der Waals surface area contributed by atoms with Crippen LogP contribution in [0.3, 0.4) is 0 Å². The minimum atomic E-state index is -3.64. The van der Waals surface area contributed by atoms with Crippen molar-refractivity contribution in [3.63, 3.8) is 0 Å². The summed E-state index contributed by atoms with van der Waals surface area (Å²) in [6, 6.07) is 9.86. The van der Waals surface area contributed by atoms with Crippen LogP contribution in [-0.2, 0) is 26.0 Å².